The fraction of sp³-hybridized carbons (Fsp3) is 0.238. The summed E-state index contributed by atoms with van der Waals surface area (Å²) in [6.45, 7) is 0.411. The number of amides is 2. The Morgan fingerprint density at radius 1 is 1.07 bits per heavy atom. The van der Waals surface area contributed by atoms with Crippen LogP contribution in [-0.4, -0.2) is 32.3 Å². The van der Waals surface area contributed by atoms with Crippen molar-refractivity contribution in [2.75, 3.05) is 0 Å². The molecule has 0 unspecified atom stereocenters. The third kappa shape index (κ3) is 4.09. The Morgan fingerprint density at radius 2 is 1.75 bits per heavy atom. The topological polar surface area (TPSA) is 75.2 Å². The minimum atomic E-state index is -0.702. The molecule has 142 valence electrons. The molecule has 0 aliphatic heterocycles. The highest BCUT2D eigenvalue weighted by molar-refractivity contribution is 7.03. The lowest BCUT2D eigenvalue weighted by atomic mass is 10.0. The van der Waals surface area contributed by atoms with Crippen LogP contribution in [0.15, 0.2) is 66.0 Å². The van der Waals surface area contributed by atoms with Gasteiger partial charge in [0.1, 0.15) is 6.04 Å². The van der Waals surface area contributed by atoms with Gasteiger partial charge in [0.15, 0.2) is 5.69 Å². The van der Waals surface area contributed by atoms with E-state index in [-0.39, 0.29) is 23.6 Å². The predicted molar refractivity (Wildman–Crippen MR) is 107 cm³/mol. The number of rotatable bonds is 7. The third-order valence-electron chi connectivity index (χ3n) is 4.71. The van der Waals surface area contributed by atoms with Crippen LogP contribution in [0, 0.1) is 0 Å². The second-order valence-electron chi connectivity index (χ2n) is 6.75. The van der Waals surface area contributed by atoms with E-state index >= 15 is 0 Å². The number of benzene rings is 2. The lowest BCUT2D eigenvalue weighted by molar-refractivity contribution is -0.126. The van der Waals surface area contributed by atoms with Crippen LogP contribution >= 0.6 is 11.5 Å². The zero-order valence-corrected chi connectivity index (χ0v) is 16.0. The van der Waals surface area contributed by atoms with Crippen LogP contribution in [-0.2, 0) is 11.3 Å². The van der Waals surface area contributed by atoms with Crippen molar-refractivity contribution in [2.24, 2.45) is 0 Å². The Labute approximate surface area is 167 Å². The van der Waals surface area contributed by atoms with Crippen molar-refractivity contribution in [1.82, 2.24) is 19.8 Å². The van der Waals surface area contributed by atoms with Gasteiger partial charge in [0, 0.05) is 18.0 Å². The summed E-state index contributed by atoms with van der Waals surface area (Å²) in [6, 6.07) is 18.5. The van der Waals surface area contributed by atoms with Gasteiger partial charge in [-0.2, -0.15) is 0 Å². The van der Waals surface area contributed by atoms with Crippen molar-refractivity contribution in [1.29, 1.82) is 0 Å². The van der Waals surface area contributed by atoms with Crippen molar-refractivity contribution in [3.63, 3.8) is 0 Å². The summed E-state index contributed by atoms with van der Waals surface area (Å²) in [5.41, 5.74) is 2.08. The smallest absolute Gasteiger partial charge is 0.276 e. The number of hydrogen-bond acceptors (Lipinski definition) is 5. The van der Waals surface area contributed by atoms with E-state index in [9.17, 15) is 9.59 Å². The molecule has 1 heterocycles. The van der Waals surface area contributed by atoms with Gasteiger partial charge in [-0.25, -0.2) is 0 Å². The van der Waals surface area contributed by atoms with Crippen LogP contribution in [0.5, 0.6) is 0 Å². The summed E-state index contributed by atoms with van der Waals surface area (Å²) in [6.07, 6.45) is 1.78. The van der Waals surface area contributed by atoms with Crippen LogP contribution in [0.25, 0.3) is 0 Å². The average molecular weight is 392 g/mol. The van der Waals surface area contributed by atoms with Gasteiger partial charge < -0.3 is 10.2 Å². The van der Waals surface area contributed by atoms with Crippen molar-refractivity contribution in [3.05, 3.63) is 82.9 Å². The number of hydrogen-bond donors (Lipinski definition) is 1. The molecule has 7 heteroatoms. The molecule has 2 amide bonds. The molecule has 2 aromatic carbocycles. The van der Waals surface area contributed by atoms with E-state index in [0.29, 0.717) is 6.54 Å². The number of carbonyl (C=O) groups excluding carboxylic acids is 2. The molecule has 1 atom stereocenters. The Bertz CT molecular complexity index is 928. The molecular formula is C21H20N4O2S. The van der Waals surface area contributed by atoms with Crippen LogP contribution in [0.3, 0.4) is 0 Å². The number of nitrogens with zero attached hydrogens (tertiary/aromatic N) is 3. The fourth-order valence-electron chi connectivity index (χ4n) is 3.19. The summed E-state index contributed by atoms with van der Waals surface area (Å²) in [7, 11) is 0. The van der Waals surface area contributed by atoms with Crippen LogP contribution in [0.4, 0.5) is 0 Å². The minimum absolute atomic E-state index is 0.0434. The maximum atomic E-state index is 13.2. The summed E-state index contributed by atoms with van der Waals surface area (Å²) in [5.74, 6) is -0.446. The molecule has 4 rings (SSSR count). The molecule has 1 aliphatic rings. The van der Waals surface area contributed by atoms with Gasteiger partial charge in [-0.15, -0.1) is 5.10 Å². The lowest BCUT2D eigenvalue weighted by Gasteiger charge is -2.31. The van der Waals surface area contributed by atoms with Crippen LogP contribution in [0.2, 0.25) is 0 Å². The molecular weight excluding hydrogens is 372 g/mol. The van der Waals surface area contributed by atoms with Crippen molar-refractivity contribution in [2.45, 2.75) is 31.5 Å². The first-order chi connectivity index (χ1) is 13.7. The molecule has 0 radical (unpaired) electrons. The SMILES string of the molecule is O=C(NCc1ccccc1)[C@H](c1ccccc1)N(C(=O)c1csnn1)C1CC1. The van der Waals surface area contributed by atoms with E-state index in [1.807, 2.05) is 60.7 Å². The number of aromatic nitrogens is 2. The van der Waals surface area contributed by atoms with Gasteiger partial charge in [0.2, 0.25) is 5.91 Å². The van der Waals surface area contributed by atoms with E-state index in [0.717, 1.165) is 35.5 Å². The Morgan fingerprint density at radius 3 is 2.36 bits per heavy atom. The van der Waals surface area contributed by atoms with E-state index in [4.69, 9.17) is 0 Å². The highest BCUT2D eigenvalue weighted by atomic mass is 32.1. The number of carbonyl (C=O) groups is 2. The fourth-order valence-corrected chi connectivity index (χ4v) is 3.62. The molecule has 1 aromatic heterocycles. The molecule has 3 aromatic rings. The monoisotopic (exact) mass is 392 g/mol. The Kier molecular flexibility index (Phi) is 5.43. The van der Waals surface area contributed by atoms with E-state index < -0.39 is 6.04 Å². The second kappa shape index (κ2) is 8.31. The van der Waals surface area contributed by atoms with E-state index in [1.165, 1.54) is 0 Å². The minimum Gasteiger partial charge on any atom is -0.350 e. The molecule has 0 spiro atoms. The molecule has 0 bridgehead atoms. The van der Waals surface area contributed by atoms with Gasteiger partial charge in [-0.05, 0) is 35.5 Å². The van der Waals surface area contributed by atoms with Gasteiger partial charge in [0.25, 0.3) is 5.91 Å². The highest BCUT2D eigenvalue weighted by Gasteiger charge is 2.42. The van der Waals surface area contributed by atoms with Crippen molar-refractivity contribution >= 4 is 23.3 Å². The maximum Gasteiger partial charge on any atom is 0.276 e. The molecule has 1 fully saturated rings. The summed E-state index contributed by atoms with van der Waals surface area (Å²) in [4.78, 5) is 28.0. The van der Waals surface area contributed by atoms with Gasteiger partial charge in [-0.1, -0.05) is 65.2 Å². The van der Waals surface area contributed by atoms with Gasteiger partial charge in [0.05, 0.1) is 0 Å². The first-order valence-electron chi connectivity index (χ1n) is 9.20. The Balaban J connectivity index is 1.62. The first-order valence-corrected chi connectivity index (χ1v) is 10.0. The zero-order chi connectivity index (χ0) is 19.3. The molecule has 28 heavy (non-hydrogen) atoms. The quantitative estimate of drug-likeness (QED) is 0.670. The van der Waals surface area contributed by atoms with Crippen molar-refractivity contribution < 1.29 is 9.59 Å². The molecule has 6 nitrogen and oxygen atoms in total. The predicted octanol–water partition coefficient (Wildman–Crippen LogP) is 3.20. The highest BCUT2D eigenvalue weighted by Crippen LogP contribution is 2.36. The summed E-state index contributed by atoms with van der Waals surface area (Å²) >= 11 is 1.13. The van der Waals surface area contributed by atoms with E-state index in [1.54, 1.807) is 10.3 Å². The second-order valence-corrected chi connectivity index (χ2v) is 7.36. The molecule has 1 N–H and O–H groups in total. The van der Waals surface area contributed by atoms with Crippen LogP contribution < -0.4 is 5.32 Å². The average Bonchev–Trinajstić information content (AvgIpc) is 3.43. The first kappa shape index (κ1) is 18.3. The maximum absolute atomic E-state index is 13.2. The normalized spacial score (nSPS) is 14.3. The molecule has 1 saturated carbocycles. The summed E-state index contributed by atoms with van der Waals surface area (Å²) < 4.78 is 3.80. The number of nitrogens with one attached hydrogen (secondary N) is 1. The largest absolute Gasteiger partial charge is 0.350 e. The lowest BCUT2D eigenvalue weighted by Crippen LogP contribution is -2.45. The zero-order valence-electron chi connectivity index (χ0n) is 15.2. The van der Waals surface area contributed by atoms with Crippen LogP contribution in [0.1, 0.15) is 40.5 Å². The van der Waals surface area contributed by atoms with Gasteiger partial charge >= 0.3 is 0 Å². The van der Waals surface area contributed by atoms with Gasteiger partial charge in [-0.3, -0.25) is 9.59 Å². The molecule has 0 saturated heterocycles. The summed E-state index contributed by atoms with van der Waals surface area (Å²) in [5, 5.41) is 8.54. The molecule has 1 aliphatic carbocycles. The third-order valence-corrected chi connectivity index (χ3v) is 5.21. The Hall–Kier alpha value is -3.06. The van der Waals surface area contributed by atoms with E-state index in [2.05, 4.69) is 14.9 Å². The van der Waals surface area contributed by atoms with Crippen molar-refractivity contribution in [3.8, 4) is 0 Å². The standard InChI is InChI=1S/C21H20N4O2S/c26-20(22-13-15-7-3-1-4-8-15)19(16-9-5-2-6-10-16)25(17-11-12-17)21(27)18-14-28-24-23-18/h1-10,14,17,19H,11-13H2,(H,22,26)/t19-/m0/s1.